The average Bonchev–Trinajstić information content (AvgIpc) is 3.07. The second-order valence-electron chi connectivity index (χ2n) is 7.08. The second-order valence-corrected chi connectivity index (χ2v) is 7.08. The molecule has 1 unspecified atom stereocenters. The Bertz CT molecular complexity index is 1430. The van der Waals surface area contributed by atoms with Crippen molar-refractivity contribution in [2.75, 3.05) is 4.90 Å². The van der Waals surface area contributed by atoms with Crippen molar-refractivity contribution in [2.24, 2.45) is 0 Å². The number of hydrogen-bond acceptors (Lipinski definition) is 5. The van der Waals surface area contributed by atoms with Crippen LogP contribution in [-0.4, -0.2) is 10.8 Å². The first-order valence-corrected chi connectivity index (χ1v) is 9.35. The van der Waals surface area contributed by atoms with Crippen LogP contribution in [0.2, 0.25) is 0 Å². The Balaban J connectivity index is 1.81. The van der Waals surface area contributed by atoms with Gasteiger partial charge in [-0.1, -0.05) is 24.3 Å². The highest BCUT2D eigenvalue weighted by molar-refractivity contribution is 6.10. The van der Waals surface area contributed by atoms with Crippen molar-refractivity contribution in [1.29, 1.82) is 0 Å². The first-order valence-electron chi connectivity index (χ1n) is 9.35. The lowest BCUT2D eigenvalue weighted by molar-refractivity contribution is -0.384. The molecule has 1 atom stereocenters. The van der Waals surface area contributed by atoms with Crippen LogP contribution in [0.15, 0.2) is 82.0 Å². The Kier molecular flexibility index (Phi) is 4.14. The number of anilines is 1. The van der Waals surface area contributed by atoms with Gasteiger partial charge in [-0.05, 0) is 42.0 Å². The average molecular weight is 416 g/mol. The zero-order valence-electron chi connectivity index (χ0n) is 15.8. The molecule has 31 heavy (non-hydrogen) atoms. The number of fused-ring (bicyclic) bond motifs is 2. The van der Waals surface area contributed by atoms with Crippen molar-refractivity contribution < 1.29 is 18.5 Å². The molecule has 2 heterocycles. The van der Waals surface area contributed by atoms with E-state index >= 15 is 0 Å². The summed E-state index contributed by atoms with van der Waals surface area (Å²) in [6, 6.07) is 16.5. The Hall–Kier alpha value is -4.33. The van der Waals surface area contributed by atoms with E-state index in [2.05, 4.69) is 0 Å². The summed E-state index contributed by atoms with van der Waals surface area (Å²) < 4.78 is 19.3. The first-order chi connectivity index (χ1) is 15.0. The van der Waals surface area contributed by atoms with Crippen molar-refractivity contribution in [2.45, 2.75) is 6.04 Å². The molecular weight excluding hydrogens is 403 g/mol. The number of carbonyl (C=O) groups excluding carboxylic acids is 1. The minimum Gasteiger partial charge on any atom is -0.450 e. The second kappa shape index (κ2) is 6.88. The molecule has 0 spiro atoms. The summed E-state index contributed by atoms with van der Waals surface area (Å²) in [6.07, 6.45) is 0. The van der Waals surface area contributed by atoms with E-state index in [-0.39, 0.29) is 22.6 Å². The number of amides is 1. The summed E-state index contributed by atoms with van der Waals surface area (Å²) in [6.45, 7) is 0. The Labute approximate surface area is 174 Å². The summed E-state index contributed by atoms with van der Waals surface area (Å²) in [4.78, 5) is 38.8. The van der Waals surface area contributed by atoms with Gasteiger partial charge in [0.1, 0.15) is 11.4 Å². The van der Waals surface area contributed by atoms with E-state index < -0.39 is 28.1 Å². The molecule has 152 valence electrons. The maximum Gasteiger partial charge on any atom is 0.295 e. The number of para-hydroxylation sites is 1. The number of nitro benzene ring substituents is 1. The largest absolute Gasteiger partial charge is 0.450 e. The summed E-state index contributed by atoms with van der Waals surface area (Å²) in [5.74, 6) is -1.20. The van der Waals surface area contributed by atoms with Gasteiger partial charge < -0.3 is 4.42 Å². The molecule has 0 N–H and O–H groups in total. The van der Waals surface area contributed by atoms with Gasteiger partial charge in [0.2, 0.25) is 5.76 Å². The lowest BCUT2D eigenvalue weighted by Crippen LogP contribution is -2.29. The molecule has 0 radical (unpaired) electrons. The quantitative estimate of drug-likeness (QED) is 0.360. The highest BCUT2D eigenvalue weighted by Crippen LogP contribution is 2.41. The number of nitrogens with zero attached hydrogens (tertiary/aromatic N) is 2. The van der Waals surface area contributed by atoms with Gasteiger partial charge in [0, 0.05) is 17.8 Å². The normalized spacial score (nSPS) is 15.3. The summed E-state index contributed by atoms with van der Waals surface area (Å²) in [5.41, 5.74) is 0.479. The molecule has 1 aromatic heterocycles. The van der Waals surface area contributed by atoms with Crippen LogP contribution in [0, 0.1) is 15.9 Å². The van der Waals surface area contributed by atoms with Crippen LogP contribution in [0.5, 0.6) is 0 Å². The van der Waals surface area contributed by atoms with E-state index in [0.717, 1.165) is 0 Å². The fraction of sp³-hybridized carbons (Fsp3) is 0.0435. The Morgan fingerprint density at radius 1 is 0.968 bits per heavy atom. The SMILES string of the molecule is O=C1c2oc3ccccc3c(=O)c2C(c2cccc([N+](=O)[O-])c2)N1c1ccc(F)cc1. The summed E-state index contributed by atoms with van der Waals surface area (Å²) in [7, 11) is 0. The minimum atomic E-state index is -0.964. The van der Waals surface area contributed by atoms with Crippen molar-refractivity contribution in [1.82, 2.24) is 0 Å². The van der Waals surface area contributed by atoms with Crippen LogP contribution in [-0.2, 0) is 0 Å². The molecule has 5 rings (SSSR count). The zero-order valence-corrected chi connectivity index (χ0v) is 15.8. The molecule has 0 saturated heterocycles. The van der Waals surface area contributed by atoms with Gasteiger partial charge in [0.25, 0.3) is 11.6 Å². The van der Waals surface area contributed by atoms with Crippen LogP contribution in [0.25, 0.3) is 11.0 Å². The van der Waals surface area contributed by atoms with Crippen LogP contribution >= 0.6 is 0 Å². The standard InChI is InChI=1S/C23H13FN2O5/c24-14-8-10-15(11-9-14)25-20(13-4-3-5-16(12-13)26(29)30)19-21(27)17-6-1-2-7-18(17)31-22(19)23(25)28/h1-12,20H. The highest BCUT2D eigenvalue weighted by Gasteiger charge is 2.44. The van der Waals surface area contributed by atoms with Gasteiger partial charge in [-0.15, -0.1) is 0 Å². The molecule has 8 heteroatoms. The van der Waals surface area contributed by atoms with Gasteiger partial charge in [0.05, 0.1) is 21.9 Å². The van der Waals surface area contributed by atoms with Gasteiger partial charge in [-0.3, -0.25) is 24.6 Å². The molecule has 0 saturated carbocycles. The minimum absolute atomic E-state index is 0.0912. The van der Waals surface area contributed by atoms with Gasteiger partial charge in [-0.2, -0.15) is 0 Å². The number of benzene rings is 3. The number of halogens is 1. The highest BCUT2D eigenvalue weighted by atomic mass is 19.1. The van der Waals surface area contributed by atoms with Gasteiger partial charge >= 0.3 is 0 Å². The number of nitro groups is 1. The molecule has 7 nitrogen and oxygen atoms in total. The maximum atomic E-state index is 13.5. The maximum absolute atomic E-state index is 13.5. The van der Waals surface area contributed by atoms with Crippen molar-refractivity contribution in [3.63, 3.8) is 0 Å². The first kappa shape index (κ1) is 18.7. The van der Waals surface area contributed by atoms with E-state index in [1.165, 1.54) is 47.4 Å². The fourth-order valence-electron chi connectivity index (χ4n) is 3.91. The van der Waals surface area contributed by atoms with Gasteiger partial charge in [0.15, 0.2) is 5.43 Å². The third-order valence-electron chi connectivity index (χ3n) is 5.28. The van der Waals surface area contributed by atoms with Crippen molar-refractivity contribution in [3.05, 3.63) is 116 Å². The zero-order chi connectivity index (χ0) is 21.7. The van der Waals surface area contributed by atoms with Crippen LogP contribution < -0.4 is 10.3 Å². The van der Waals surface area contributed by atoms with Crippen molar-refractivity contribution in [3.8, 4) is 0 Å². The van der Waals surface area contributed by atoms with E-state index in [9.17, 15) is 24.1 Å². The molecule has 1 aliphatic heterocycles. The molecular formula is C23H13FN2O5. The van der Waals surface area contributed by atoms with E-state index in [1.807, 2.05) is 0 Å². The van der Waals surface area contributed by atoms with E-state index in [1.54, 1.807) is 30.3 Å². The Morgan fingerprint density at radius 3 is 2.45 bits per heavy atom. The molecule has 3 aromatic carbocycles. The molecule has 1 amide bonds. The fourth-order valence-corrected chi connectivity index (χ4v) is 3.91. The molecule has 0 bridgehead atoms. The smallest absolute Gasteiger partial charge is 0.295 e. The third kappa shape index (κ3) is 2.88. The molecule has 0 aliphatic carbocycles. The monoisotopic (exact) mass is 416 g/mol. The van der Waals surface area contributed by atoms with Crippen LogP contribution in [0.4, 0.5) is 15.8 Å². The number of rotatable bonds is 3. The third-order valence-corrected chi connectivity index (χ3v) is 5.28. The topological polar surface area (TPSA) is 93.7 Å². The van der Waals surface area contributed by atoms with Crippen molar-refractivity contribution >= 4 is 28.3 Å². The van der Waals surface area contributed by atoms with Gasteiger partial charge in [-0.25, -0.2) is 4.39 Å². The summed E-state index contributed by atoms with van der Waals surface area (Å²) in [5, 5.41) is 11.6. The number of carbonyl (C=O) groups is 1. The molecule has 1 aliphatic rings. The van der Waals surface area contributed by atoms with E-state index in [0.29, 0.717) is 16.6 Å². The lowest BCUT2D eigenvalue weighted by atomic mass is 9.98. The number of hydrogen-bond donors (Lipinski definition) is 0. The predicted molar refractivity (Wildman–Crippen MR) is 111 cm³/mol. The molecule has 0 fully saturated rings. The van der Waals surface area contributed by atoms with E-state index in [4.69, 9.17) is 4.42 Å². The summed E-state index contributed by atoms with van der Waals surface area (Å²) >= 11 is 0. The molecule has 4 aromatic rings. The lowest BCUT2D eigenvalue weighted by Gasteiger charge is -2.25. The van der Waals surface area contributed by atoms with Crippen LogP contribution in [0.1, 0.15) is 27.7 Å². The predicted octanol–water partition coefficient (Wildman–Crippen LogP) is 4.59. The van der Waals surface area contributed by atoms with Crippen LogP contribution in [0.3, 0.4) is 0 Å². The Morgan fingerprint density at radius 2 is 1.71 bits per heavy atom. The number of non-ortho nitro benzene ring substituents is 1.